The Bertz CT molecular complexity index is 1130. The number of pyridine rings is 1. The van der Waals surface area contributed by atoms with Gasteiger partial charge in [0.05, 0.1) is 12.6 Å². The Morgan fingerprint density at radius 2 is 2.06 bits per heavy atom. The molecular formula is C27H33F2N3O2S. The Morgan fingerprint density at radius 1 is 1.20 bits per heavy atom. The summed E-state index contributed by atoms with van der Waals surface area (Å²) in [6, 6.07) is 11.2. The first-order valence-corrected chi connectivity index (χ1v) is 13.1. The van der Waals surface area contributed by atoms with Gasteiger partial charge in [0.15, 0.2) is 0 Å². The Hall–Kier alpha value is -2.26. The second kappa shape index (κ2) is 12.1. The van der Waals surface area contributed by atoms with Gasteiger partial charge >= 0.3 is 0 Å². The van der Waals surface area contributed by atoms with E-state index in [1.807, 2.05) is 24.3 Å². The molecule has 1 aliphatic rings. The fraction of sp³-hybridized carbons (Fsp3) is 0.444. The van der Waals surface area contributed by atoms with Crippen LogP contribution in [0.15, 0.2) is 53.6 Å². The summed E-state index contributed by atoms with van der Waals surface area (Å²) in [5.74, 6) is 1.23. The van der Waals surface area contributed by atoms with Gasteiger partial charge in [-0.1, -0.05) is 0 Å². The SMILES string of the molecule is COc1ccc2nccc(C(N)CC[C@@H]3CCN(CCSc4cc(F)ccc4F)C[C@@H]3CO)c2c1. The molecule has 2 aromatic carbocycles. The van der Waals surface area contributed by atoms with E-state index in [-0.39, 0.29) is 24.4 Å². The van der Waals surface area contributed by atoms with Crippen molar-refractivity contribution in [2.45, 2.75) is 30.2 Å². The van der Waals surface area contributed by atoms with Crippen molar-refractivity contribution in [2.75, 3.05) is 39.1 Å². The first-order chi connectivity index (χ1) is 17.0. The van der Waals surface area contributed by atoms with Gasteiger partial charge in [-0.15, -0.1) is 11.8 Å². The highest BCUT2D eigenvalue weighted by molar-refractivity contribution is 7.99. The number of piperidine rings is 1. The van der Waals surface area contributed by atoms with E-state index in [1.54, 1.807) is 13.3 Å². The summed E-state index contributed by atoms with van der Waals surface area (Å²) in [6.07, 6.45) is 4.55. The zero-order chi connectivity index (χ0) is 24.8. The van der Waals surface area contributed by atoms with Crippen molar-refractivity contribution in [3.63, 3.8) is 0 Å². The van der Waals surface area contributed by atoms with Gasteiger partial charge < -0.3 is 20.5 Å². The molecule has 0 spiro atoms. The van der Waals surface area contributed by atoms with E-state index in [4.69, 9.17) is 10.5 Å². The Balaban J connectivity index is 1.30. The number of methoxy groups -OCH3 is 1. The van der Waals surface area contributed by atoms with Gasteiger partial charge in [0.1, 0.15) is 17.4 Å². The molecule has 2 heterocycles. The first kappa shape index (κ1) is 25.8. The summed E-state index contributed by atoms with van der Waals surface area (Å²) >= 11 is 1.33. The van der Waals surface area contributed by atoms with Crippen LogP contribution in [-0.2, 0) is 0 Å². The highest BCUT2D eigenvalue weighted by Crippen LogP contribution is 2.33. The van der Waals surface area contributed by atoms with Crippen LogP contribution in [0.5, 0.6) is 5.75 Å². The largest absolute Gasteiger partial charge is 0.497 e. The number of aliphatic hydroxyl groups is 1. The third-order valence-corrected chi connectivity index (χ3v) is 8.01. The third-order valence-electron chi connectivity index (χ3n) is 7.00. The zero-order valence-corrected chi connectivity index (χ0v) is 20.8. The molecule has 3 N–H and O–H groups in total. The molecule has 0 saturated carbocycles. The van der Waals surface area contributed by atoms with Gasteiger partial charge in [-0.25, -0.2) is 8.78 Å². The standard InChI is InChI=1S/C27H33F2N3O2S/c1-34-21-4-7-26-23(15-21)22(8-10-31-26)25(30)6-2-18-9-11-32(16-19(18)17-33)12-13-35-27-14-20(28)3-5-24(27)29/h3-5,7-8,10,14-15,18-19,25,33H,2,6,9,11-13,16-17,30H2,1H3/t18-,19-,25?/m1/s1. The second-order valence-electron chi connectivity index (χ2n) is 9.18. The average Bonchev–Trinajstić information content (AvgIpc) is 2.88. The maximum absolute atomic E-state index is 13.8. The minimum Gasteiger partial charge on any atom is -0.497 e. The van der Waals surface area contributed by atoms with Crippen LogP contribution >= 0.6 is 11.8 Å². The first-order valence-electron chi connectivity index (χ1n) is 12.1. The monoisotopic (exact) mass is 501 g/mol. The molecule has 1 saturated heterocycles. The molecule has 0 radical (unpaired) electrons. The fourth-order valence-electron chi connectivity index (χ4n) is 4.96. The van der Waals surface area contributed by atoms with E-state index in [2.05, 4.69) is 9.88 Å². The molecule has 1 aliphatic heterocycles. The molecule has 35 heavy (non-hydrogen) atoms. The summed E-state index contributed by atoms with van der Waals surface area (Å²) < 4.78 is 32.6. The molecule has 8 heteroatoms. The van der Waals surface area contributed by atoms with Crippen LogP contribution in [0.3, 0.4) is 0 Å². The van der Waals surface area contributed by atoms with Crippen molar-refractivity contribution < 1.29 is 18.6 Å². The Labute approximate surface area is 209 Å². The number of likely N-dealkylation sites (tertiary alicyclic amines) is 1. The average molecular weight is 502 g/mol. The van der Waals surface area contributed by atoms with Crippen LogP contribution in [0.25, 0.3) is 10.9 Å². The highest BCUT2D eigenvalue weighted by Gasteiger charge is 2.29. The van der Waals surface area contributed by atoms with Crippen molar-refractivity contribution in [3.05, 3.63) is 65.9 Å². The quantitative estimate of drug-likeness (QED) is 0.380. The Kier molecular flexibility index (Phi) is 8.94. The van der Waals surface area contributed by atoms with Crippen LogP contribution in [0.2, 0.25) is 0 Å². The van der Waals surface area contributed by atoms with Gasteiger partial charge in [0.25, 0.3) is 0 Å². The van der Waals surface area contributed by atoms with Crippen molar-refractivity contribution in [1.82, 2.24) is 9.88 Å². The normalized spacial score (nSPS) is 19.7. The Morgan fingerprint density at radius 3 is 2.86 bits per heavy atom. The predicted molar refractivity (Wildman–Crippen MR) is 137 cm³/mol. The van der Waals surface area contributed by atoms with E-state index >= 15 is 0 Å². The molecular weight excluding hydrogens is 468 g/mol. The topological polar surface area (TPSA) is 71.6 Å². The fourth-order valence-corrected chi connectivity index (χ4v) is 5.94. The van der Waals surface area contributed by atoms with E-state index in [0.29, 0.717) is 16.6 Å². The molecule has 3 aromatic rings. The number of fused-ring (bicyclic) bond motifs is 1. The lowest BCUT2D eigenvalue weighted by Gasteiger charge is -2.38. The highest BCUT2D eigenvalue weighted by atomic mass is 32.2. The number of aromatic nitrogens is 1. The van der Waals surface area contributed by atoms with Gasteiger partial charge in [-0.05, 0) is 85.7 Å². The predicted octanol–water partition coefficient (Wildman–Crippen LogP) is 5.02. The zero-order valence-electron chi connectivity index (χ0n) is 20.0. The number of nitrogens with zero attached hydrogens (tertiary/aromatic N) is 2. The van der Waals surface area contributed by atoms with Crippen molar-refractivity contribution >= 4 is 22.7 Å². The number of thioether (sulfide) groups is 1. The lowest BCUT2D eigenvalue weighted by atomic mass is 9.81. The summed E-state index contributed by atoms with van der Waals surface area (Å²) in [4.78, 5) is 7.10. The molecule has 0 aliphatic carbocycles. The third kappa shape index (κ3) is 6.50. The smallest absolute Gasteiger partial charge is 0.136 e. The molecule has 1 aromatic heterocycles. The van der Waals surface area contributed by atoms with Crippen LogP contribution in [0.1, 0.15) is 30.9 Å². The molecule has 1 unspecified atom stereocenters. The van der Waals surface area contributed by atoms with E-state index in [1.165, 1.54) is 23.9 Å². The molecule has 1 fully saturated rings. The lowest BCUT2D eigenvalue weighted by molar-refractivity contribution is 0.0701. The number of hydrogen-bond acceptors (Lipinski definition) is 6. The summed E-state index contributed by atoms with van der Waals surface area (Å²) in [5.41, 5.74) is 8.59. The summed E-state index contributed by atoms with van der Waals surface area (Å²) in [6.45, 7) is 2.64. The molecule has 0 bridgehead atoms. The van der Waals surface area contributed by atoms with Gasteiger partial charge in [-0.3, -0.25) is 4.98 Å². The summed E-state index contributed by atoms with van der Waals surface area (Å²) in [7, 11) is 1.65. The number of rotatable bonds is 10. The molecule has 3 atom stereocenters. The second-order valence-corrected chi connectivity index (χ2v) is 10.3. The van der Waals surface area contributed by atoms with Crippen LogP contribution in [-0.4, -0.2) is 54.1 Å². The molecule has 5 nitrogen and oxygen atoms in total. The van der Waals surface area contributed by atoms with Gasteiger partial charge in [0, 0.05) is 48.0 Å². The van der Waals surface area contributed by atoms with E-state index in [9.17, 15) is 13.9 Å². The van der Waals surface area contributed by atoms with Crippen LogP contribution < -0.4 is 10.5 Å². The minimum atomic E-state index is -0.424. The maximum atomic E-state index is 13.8. The number of nitrogens with two attached hydrogens (primary N) is 1. The number of aliphatic hydroxyl groups excluding tert-OH is 1. The van der Waals surface area contributed by atoms with E-state index < -0.39 is 5.82 Å². The maximum Gasteiger partial charge on any atom is 0.136 e. The van der Waals surface area contributed by atoms with Gasteiger partial charge in [-0.2, -0.15) is 0 Å². The lowest BCUT2D eigenvalue weighted by Crippen LogP contribution is -2.43. The van der Waals surface area contributed by atoms with Crippen LogP contribution in [0, 0.1) is 23.5 Å². The molecule has 0 amide bonds. The summed E-state index contributed by atoms with van der Waals surface area (Å²) in [5, 5.41) is 11.1. The van der Waals surface area contributed by atoms with Crippen molar-refractivity contribution in [2.24, 2.45) is 17.6 Å². The van der Waals surface area contributed by atoms with Crippen LogP contribution in [0.4, 0.5) is 8.78 Å². The molecule has 4 rings (SSSR count). The number of benzene rings is 2. The molecule has 188 valence electrons. The number of ether oxygens (including phenoxy) is 1. The van der Waals surface area contributed by atoms with Crippen molar-refractivity contribution in [1.29, 1.82) is 0 Å². The van der Waals surface area contributed by atoms with Gasteiger partial charge in [0.2, 0.25) is 0 Å². The van der Waals surface area contributed by atoms with E-state index in [0.717, 1.165) is 67.2 Å². The number of hydrogen-bond donors (Lipinski definition) is 2. The number of halogens is 2. The minimum absolute atomic E-state index is 0.123. The van der Waals surface area contributed by atoms with Crippen molar-refractivity contribution in [3.8, 4) is 5.75 Å².